The standard InChI is InChI=1S/C10H12N2O/c1-12-6-5-9-8(7-12)3-2-4-10(9)11-13/h2-4H,5-7H2,1H3. The largest absolute Gasteiger partial charge is 0.302 e. The second kappa shape index (κ2) is 3.26. The summed E-state index contributed by atoms with van der Waals surface area (Å²) in [7, 11) is 2.09. The lowest BCUT2D eigenvalue weighted by atomic mass is 9.98. The average Bonchev–Trinajstić information content (AvgIpc) is 2.16. The molecule has 68 valence electrons. The first-order valence-corrected chi connectivity index (χ1v) is 4.44. The molecular formula is C10H12N2O. The molecule has 0 saturated carbocycles. The fourth-order valence-corrected chi connectivity index (χ4v) is 1.82. The van der Waals surface area contributed by atoms with E-state index in [9.17, 15) is 4.91 Å². The van der Waals surface area contributed by atoms with Gasteiger partial charge in [-0.25, -0.2) is 0 Å². The lowest BCUT2D eigenvalue weighted by Gasteiger charge is -2.25. The van der Waals surface area contributed by atoms with Crippen molar-refractivity contribution in [3.63, 3.8) is 0 Å². The monoisotopic (exact) mass is 176 g/mol. The SMILES string of the molecule is CN1CCc2c(cccc2N=O)C1. The molecule has 1 aliphatic rings. The molecule has 0 aliphatic carbocycles. The molecule has 0 spiro atoms. The second-order valence-corrected chi connectivity index (χ2v) is 3.49. The van der Waals surface area contributed by atoms with Crippen LogP contribution >= 0.6 is 0 Å². The molecular weight excluding hydrogens is 164 g/mol. The highest BCUT2D eigenvalue weighted by Gasteiger charge is 2.15. The molecule has 0 aromatic heterocycles. The number of hydrogen-bond donors (Lipinski definition) is 0. The van der Waals surface area contributed by atoms with Crippen LogP contribution in [-0.2, 0) is 13.0 Å². The number of rotatable bonds is 1. The first kappa shape index (κ1) is 8.38. The summed E-state index contributed by atoms with van der Waals surface area (Å²) in [5.74, 6) is 0. The van der Waals surface area contributed by atoms with E-state index in [2.05, 4.69) is 23.2 Å². The third kappa shape index (κ3) is 1.47. The normalized spacial score (nSPS) is 16.7. The topological polar surface area (TPSA) is 32.7 Å². The zero-order valence-electron chi connectivity index (χ0n) is 7.66. The Bertz CT molecular complexity index is 336. The molecule has 0 fully saturated rings. The van der Waals surface area contributed by atoms with E-state index in [4.69, 9.17) is 0 Å². The van der Waals surface area contributed by atoms with Gasteiger partial charge in [0.2, 0.25) is 0 Å². The van der Waals surface area contributed by atoms with Crippen LogP contribution in [0.3, 0.4) is 0 Å². The van der Waals surface area contributed by atoms with Crippen molar-refractivity contribution in [1.82, 2.24) is 4.90 Å². The number of likely N-dealkylation sites (N-methyl/N-ethyl adjacent to an activating group) is 1. The van der Waals surface area contributed by atoms with Gasteiger partial charge in [0, 0.05) is 13.1 Å². The van der Waals surface area contributed by atoms with Gasteiger partial charge in [0.25, 0.3) is 0 Å². The third-order valence-corrected chi connectivity index (χ3v) is 2.53. The van der Waals surface area contributed by atoms with E-state index in [0.717, 1.165) is 25.1 Å². The minimum atomic E-state index is 0.616. The summed E-state index contributed by atoms with van der Waals surface area (Å²) in [6.07, 6.45) is 0.938. The van der Waals surface area contributed by atoms with Crippen molar-refractivity contribution in [2.75, 3.05) is 13.6 Å². The van der Waals surface area contributed by atoms with E-state index in [1.54, 1.807) is 6.07 Å². The van der Waals surface area contributed by atoms with Crippen molar-refractivity contribution in [1.29, 1.82) is 0 Å². The molecule has 0 bridgehead atoms. The quantitative estimate of drug-likeness (QED) is 0.613. The van der Waals surface area contributed by atoms with Crippen molar-refractivity contribution >= 4 is 5.69 Å². The van der Waals surface area contributed by atoms with Gasteiger partial charge in [0.15, 0.2) is 0 Å². The predicted molar refractivity (Wildman–Crippen MR) is 51.9 cm³/mol. The van der Waals surface area contributed by atoms with Crippen molar-refractivity contribution in [2.24, 2.45) is 5.18 Å². The summed E-state index contributed by atoms with van der Waals surface area (Å²) in [6.45, 7) is 1.94. The molecule has 0 N–H and O–H groups in total. The summed E-state index contributed by atoms with van der Waals surface area (Å²) >= 11 is 0. The Morgan fingerprint density at radius 3 is 3.08 bits per heavy atom. The van der Waals surface area contributed by atoms with E-state index >= 15 is 0 Å². The average molecular weight is 176 g/mol. The van der Waals surface area contributed by atoms with Crippen molar-refractivity contribution in [3.8, 4) is 0 Å². The molecule has 0 unspecified atom stereocenters. The van der Waals surface area contributed by atoms with E-state index in [1.165, 1.54) is 5.56 Å². The van der Waals surface area contributed by atoms with Gasteiger partial charge in [-0.15, -0.1) is 4.91 Å². The zero-order valence-corrected chi connectivity index (χ0v) is 7.66. The van der Waals surface area contributed by atoms with Crippen LogP contribution in [0.15, 0.2) is 23.4 Å². The number of nitroso groups, excluding NO2 is 1. The first-order chi connectivity index (χ1) is 6.31. The Hall–Kier alpha value is -1.22. The van der Waals surface area contributed by atoms with Gasteiger partial charge >= 0.3 is 0 Å². The fourth-order valence-electron chi connectivity index (χ4n) is 1.82. The maximum absolute atomic E-state index is 10.5. The van der Waals surface area contributed by atoms with Crippen LogP contribution in [-0.4, -0.2) is 18.5 Å². The molecule has 1 aromatic rings. The molecule has 2 rings (SSSR count). The highest BCUT2D eigenvalue weighted by molar-refractivity contribution is 5.51. The van der Waals surface area contributed by atoms with Crippen LogP contribution in [0.25, 0.3) is 0 Å². The lowest BCUT2D eigenvalue weighted by Crippen LogP contribution is -2.26. The number of hydrogen-bond acceptors (Lipinski definition) is 3. The van der Waals surface area contributed by atoms with Gasteiger partial charge in [0.1, 0.15) is 5.69 Å². The predicted octanol–water partition coefficient (Wildman–Crippen LogP) is 2.07. The minimum Gasteiger partial charge on any atom is -0.302 e. The maximum Gasteiger partial charge on any atom is 0.111 e. The second-order valence-electron chi connectivity index (χ2n) is 3.49. The van der Waals surface area contributed by atoms with Crippen LogP contribution in [0.1, 0.15) is 11.1 Å². The van der Waals surface area contributed by atoms with Crippen LogP contribution in [0, 0.1) is 4.91 Å². The molecule has 1 aliphatic heterocycles. The molecule has 3 heteroatoms. The number of nitrogens with zero attached hydrogens (tertiary/aromatic N) is 2. The van der Waals surface area contributed by atoms with Gasteiger partial charge in [-0.3, -0.25) is 0 Å². The Morgan fingerprint density at radius 2 is 2.31 bits per heavy atom. The Balaban J connectivity index is 2.45. The Labute approximate surface area is 77.3 Å². The van der Waals surface area contributed by atoms with E-state index in [0.29, 0.717) is 5.69 Å². The van der Waals surface area contributed by atoms with Gasteiger partial charge in [-0.1, -0.05) is 12.1 Å². The summed E-state index contributed by atoms with van der Waals surface area (Å²) in [5, 5.41) is 3.04. The number of fused-ring (bicyclic) bond motifs is 1. The molecule has 0 atom stereocenters. The molecule has 0 saturated heterocycles. The molecule has 1 aromatic carbocycles. The summed E-state index contributed by atoms with van der Waals surface area (Å²) in [6, 6.07) is 5.76. The molecule has 1 heterocycles. The molecule has 3 nitrogen and oxygen atoms in total. The Kier molecular flexibility index (Phi) is 2.10. The zero-order chi connectivity index (χ0) is 9.26. The fraction of sp³-hybridized carbons (Fsp3) is 0.400. The molecule has 0 radical (unpaired) electrons. The van der Waals surface area contributed by atoms with Gasteiger partial charge in [0.05, 0.1) is 0 Å². The van der Waals surface area contributed by atoms with E-state index in [1.807, 2.05) is 6.07 Å². The minimum absolute atomic E-state index is 0.616. The summed E-state index contributed by atoms with van der Waals surface area (Å²) in [4.78, 5) is 12.7. The highest BCUT2D eigenvalue weighted by Crippen LogP contribution is 2.27. The molecule has 13 heavy (non-hydrogen) atoms. The van der Waals surface area contributed by atoms with Crippen LogP contribution in [0.4, 0.5) is 5.69 Å². The van der Waals surface area contributed by atoms with Crippen molar-refractivity contribution in [3.05, 3.63) is 34.2 Å². The van der Waals surface area contributed by atoms with E-state index < -0.39 is 0 Å². The highest BCUT2D eigenvalue weighted by atomic mass is 16.3. The van der Waals surface area contributed by atoms with Gasteiger partial charge < -0.3 is 4.90 Å². The lowest BCUT2D eigenvalue weighted by molar-refractivity contribution is 0.313. The van der Waals surface area contributed by atoms with Crippen LogP contribution in [0.5, 0.6) is 0 Å². The first-order valence-electron chi connectivity index (χ1n) is 4.44. The maximum atomic E-state index is 10.5. The van der Waals surface area contributed by atoms with Gasteiger partial charge in [-0.2, -0.15) is 0 Å². The van der Waals surface area contributed by atoms with E-state index in [-0.39, 0.29) is 0 Å². The van der Waals surface area contributed by atoms with Gasteiger partial charge in [-0.05, 0) is 35.8 Å². The molecule has 0 amide bonds. The van der Waals surface area contributed by atoms with Crippen LogP contribution in [0.2, 0.25) is 0 Å². The summed E-state index contributed by atoms with van der Waals surface area (Å²) < 4.78 is 0. The third-order valence-electron chi connectivity index (χ3n) is 2.53. The summed E-state index contributed by atoms with van der Waals surface area (Å²) in [5.41, 5.74) is 2.99. The van der Waals surface area contributed by atoms with Crippen LogP contribution < -0.4 is 0 Å². The smallest absolute Gasteiger partial charge is 0.111 e. The van der Waals surface area contributed by atoms with Crippen molar-refractivity contribution in [2.45, 2.75) is 13.0 Å². The van der Waals surface area contributed by atoms with Crippen molar-refractivity contribution < 1.29 is 0 Å². The number of benzene rings is 1. The Morgan fingerprint density at radius 1 is 1.46 bits per heavy atom.